The average molecular weight is 1010 g/mol. The Morgan fingerprint density at radius 2 is 0.743 bits per heavy atom. The first-order valence-corrected chi connectivity index (χ1v) is 29.7. The van der Waals surface area contributed by atoms with E-state index in [0.29, 0.717) is 19.3 Å². The highest BCUT2D eigenvalue weighted by atomic mass is 31.2. The number of allylic oxidation sites excluding steroid dienone is 10. The van der Waals surface area contributed by atoms with Gasteiger partial charge in [0.1, 0.15) is 12.7 Å². The minimum atomic E-state index is -4.75. The normalized spacial score (nSPS) is 13.8. The molecule has 0 aliphatic carbocycles. The molecule has 0 aromatic heterocycles. The monoisotopic (exact) mass is 1010 g/mol. The van der Waals surface area contributed by atoms with Gasteiger partial charge in [-0.15, -0.1) is 0 Å². The number of phosphoric ester groups is 1. The third-order valence-corrected chi connectivity index (χ3v) is 12.9. The number of ether oxygens (including phenoxy) is 3. The zero-order valence-corrected chi connectivity index (χ0v) is 45.6. The van der Waals surface area contributed by atoms with Crippen LogP contribution in [0.5, 0.6) is 0 Å². The predicted octanol–water partition coefficient (Wildman–Crippen LogP) is 16.4. The minimum absolute atomic E-state index is 0.158. The van der Waals surface area contributed by atoms with Crippen molar-refractivity contribution < 1.29 is 52.2 Å². The predicted molar refractivity (Wildman–Crippen MR) is 288 cm³/mol. The first kappa shape index (κ1) is 67.2. The van der Waals surface area contributed by atoms with Crippen LogP contribution in [0.2, 0.25) is 0 Å². The van der Waals surface area contributed by atoms with Gasteiger partial charge in [-0.1, -0.05) is 210 Å². The van der Waals surface area contributed by atoms with E-state index in [1.807, 2.05) is 0 Å². The van der Waals surface area contributed by atoms with Crippen LogP contribution in [0.25, 0.3) is 0 Å². The summed E-state index contributed by atoms with van der Waals surface area (Å²) in [6.45, 7) is 4.47. The van der Waals surface area contributed by atoms with Gasteiger partial charge in [-0.3, -0.25) is 23.4 Å². The first-order chi connectivity index (χ1) is 34.2. The Kier molecular flexibility index (Phi) is 50.4. The van der Waals surface area contributed by atoms with E-state index in [-0.39, 0.29) is 25.9 Å². The van der Waals surface area contributed by atoms with Gasteiger partial charge in [-0.05, 0) is 83.5 Å². The summed E-state index contributed by atoms with van der Waals surface area (Å²) in [5.74, 6) is -1.48. The van der Waals surface area contributed by atoms with Crippen molar-refractivity contribution >= 4 is 25.7 Å². The molecule has 2 N–H and O–H groups in total. The van der Waals surface area contributed by atoms with Gasteiger partial charge in [0, 0.05) is 19.3 Å². The van der Waals surface area contributed by atoms with Crippen LogP contribution < -0.4 is 0 Å². The van der Waals surface area contributed by atoms with E-state index in [9.17, 15) is 28.9 Å². The van der Waals surface area contributed by atoms with Crippen LogP contribution in [-0.4, -0.2) is 66.5 Å². The Morgan fingerprint density at radius 3 is 1.17 bits per heavy atom. The van der Waals surface area contributed by atoms with Gasteiger partial charge in [0.25, 0.3) is 0 Å². The van der Waals surface area contributed by atoms with Gasteiger partial charge in [0.15, 0.2) is 6.10 Å². The van der Waals surface area contributed by atoms with Gasteiger partial charge in [0.2, 0.25) is 0 Å². The molecule has 0 aromatic rings. The number of aliphatic hydroxyl groups excluding tert-OH is 1. The fourth-order valence-corrected chi connectivity index (χ4v) is 8.42. The van der Waals surface area contributed by atoms with Crippen molar-refractivity contribution in [2.45, 2.75) is 264 Å². The maximum absolute atomic E-state index is 12.9. The van der Waals surface area contributed by atoms with E-state index >= 15 is 0 Å². The smallest absolute Gasteiger partial charge is 0.462 e. The fraction of sp³-hybridized carbons (Fsp3) is 0.776. The van der Waals surface area contributed by atoms with Crippen LogP contribution in [0.15, 0.2) is 60.8 Å². The quantitative estimate of drug-likeness (QED) is 0.0197. The van der Waals surface area contributed by atoms with Gasteiger partial charge >= 0.3 is 25.7 Å². The van der Waals surface area contributed by atoms with E-state index < -0.39 is 57.8 Å². The number of carbonyl (C=O) groups excluding carboxylic acids is 3. The molecule has 0 radical (unpaired) electrons. The van der Waals surface area contributed by atoms with E-state index in [2.05, 4.69) is 81.5 Å². The van der Waals surface area contributed by atoms with Gasteiger partial charge < -0.3 is 24.2 Å². The molecule has 0 spiro atoms. The van der Waals surface area contributed by atoms with Crippen LogP contribution in [0, 0.1) is 0 Å². The number of carbonyl (C=O) groups is 3. The lowest BCUT2D eigenvalue weighted by atomic mass is 10.1. The highest BCUT2D eigenvalue weighted by molar-refractivity contribution is 7.47. The standard InChI is InChI=1S/C58H103O11P/c1-4-7-10-13-16-19-21-23-25-26-27-28-30-32-34-37-40-43-46-49-58(62)69-55(51-65-56(60)47-44-41-38-35-18-15-12-9-6-3)53-67-70(63,64)66-52-54(50-59)68-57(61)48-45-42-39-36-33-31-29-24-22-20-17-14-11-8-5-2/h8,11,16-17,19-20,23-25,29,54-55,59H,4-7,9-10,12-15,18,21-22,26-28,30-53H2,1-3H3,(H,63,64)/b11-8-,19-16-,20-17-,25-23-,29-24-. The van der Waals surface area contributed by atoms with Crippen molar-refractivity contribution in [3.63, 3.8) is 0 Å². The molecule has 0 aromatic carbocycles. The third kappa shape index (κ3) is 50.1. The van der Waals surface area contributed by atoms with Crippen molar-refractivity contribution in [1.29, 1.82) is 0 Å². The minimum Gasteiger partial charge on any atom is -0.462 e. The van der Waals surface area contributed by atoms with Crippen LogP contribution in [-0.2, 0) is 42.2 Å². The number of esters is 3. The SMILES string of the molecule is CC/C=C\C/C=C\C/C=C\CCCCCCCC(=O)OC(CO)COP(=O)(O)OCC(COC(=O)CCCCCCCCCCC)OC(=O)CCCCCCCCCCC/C=C\C/C=C\CCCCC. The Bertz CT molecular complexity index is 1410. The lowest BCUT2D eigenvalue weighted by Crippen LogP contribution is -2.30. The zero-order valence-electron chi connectivity index (χ0n) is 44.7. The third-order valence-electron chi connectivity index (χ3n) is 11.9. The molecule has 0 fully saturated rings. The van der Waals surface area contributed by atoms with Crippen LogP contribution in [0.3, 0.4) is 0 Å². The molecule has 0 heterocycles. The maximum atomic E-state index is 12.9. The van der Waals surface area contributed by atoms with E-state index in [1.165, 1.54) is 89.9 Å². The van der Waals surface area contributed by atoms with Gasteiger partial charge in [-0.2, -0.15) is 0 Å². The molecule has 0 rings (SSSR count). The highest BCUT2D eigenvalue weighted by Gasteiger charge is 2.28. The number of phosphoric acid groups is 1. The molecular weight excluding hydrogens is 904 g/mol. The Hall–Kier alpha value is -2.82. The average Bonchev–Trinajstić information content (AvgIpc) is 3.35. The summed E-state index contributed by atoms with van der Waals surface area (Å²) in [5.41, 5.74) is 0. The molecule has 3 unspecified atom stereocenters. The molecule has 0 bridgehead atoms. The summed E-state index contributed by atoms with van der Waals surface area (Å²) in [7, 11) is -4.75. The molecule has 406 valence electrons. The molecule has 70 heavy (non-hydrogen) atoms. The van der Waals surface area contributed by atoms with E-state index in [4.69, 9.17) is 23.3 Å². The summed E-state index contributed by atoms with van der Waals surface area (Å²) in [6.07, 6.45) is 56.1. The van der Waals surface area contributed by atoms with Crippen LogP contribution in [0.4, 0.5) is 0 Å². The lowest BCUT2D eigenvalue weighted by molar-refractivity contribution is -0.161. The first-order valence-electron chi connectivity index (χ1n) is 28.2. The van der Waals surface area contributed by atoms with Crippen molar-refractivity contribution in [3.8, 4) is 0 Å². The van der Waals surface area contributed by atoms with E-state index in [0.717, 1.165) is 103 Å². The largest absolute Gasteiger partial charge is 0.472 e. The van der Waals surface area contributed by atoms with Crippen molar-refractivity contribution in [2.24, 2.45) is 0 Å². The number of unbranched alkanes of at least 4 members (excludes halogenated alkanes) is 25. The van der Waals surface area contributed by atoms with Gasteiger partial charge in [0.05, 0.1) is 19.8 Å². The second-order valence-corrected chi connectivity index (χ2v) is 20.2. The molecule has 11 nitrogen and oxygen atoms in total. The molecule has 12 heteroatoms. The van der Waals surface area contributed by atoms with Crippen molar-refractivity contribution in [1.82, 2.24) is 0 Å². The van der Waals surface area contributed by atoms with Gasteiger partial charge in [-0.25, -0.2) is 4.57 Å². The molecule has 0 amide bonds. The molecule has 0 aliphatic rings. The number of hydrogen-bond acceptors (Lipinski definition) is 10. The fourth-order valence-electron chi connectivity index (χ4n) is 7.64. The number of rotatable bonds is 52. The summed E-state index contributed by atoms with van der Waals surface area (Å²) < 4.78 is 39.4. The number of aliphatic hydroxyl groups is 1. The molecule has 3 atom stereocenters. The Morgan fingerprint density at radius 1 is 0.414 bits per heavy atom. The summed E-state index contributed by atoms with van der Waals surface area (Å²) in [6, 6.07) is 0. The number of hydrogen-bond donors (Lipinski definition) is 2. The van der Waals surface area contributed by atoms with E-state index in [1.54, 1.807) is 0 Å². The summed E-state index contributed by atoms with van der Waals surface area (Å²) in [5, 5.41) is 9.79. The topological polar surface area (TPSA) is 155 Å². The molecule has 0 aliphatic heterocycles. The van der Waals surface area contributed by atoms with Crippen molar-refractivity contribution in [2.75, 3.05) is 26.4 Å². The van der Waals surface area contributed by atoms with Crippen LogP contribution in [0.1, 0.15) is 252 Å². The van der Waals surface area contributed by atoms with Crippen LogP contribution >= 0.6 is 7.82 Å². The maximum Gasteiger partial charge on any atom is 0.472 e. The lowest BCUT2D eigenvalue weighted by Gasteiger charge is -2.21. The summed E-state index contributed by atoms with van der Waals surface area (Å²) >= 11 is 0. The highest BCUT2D eigenvalue weighted by Crippen LogP contribution is 2.43. The molecular formula is C58H103O11P. The zero-order chi connectivity index (χ0) is 51.3. The molecule has 0 saturated carbocycles. The van der Waals surface area contributed by atoms with Crippen molar-refractivity contribution in [3.05, 3.63) is 60.8 Å². The Labute approximate surface area is 427 Å². The Balaban J connectivity index is 4.65. The second kappa shape index (κ2) is 52.5. The summed E-state index contributed by atoms with van der Waals surface area (Å²) in [4.78, 5) is 48.4. The molecule has 0 saturated heterocycles. The second-order valence-electron chi connectivity index (χ2n) is 18.7.